The molecule has 348 valence electrons. The molecule has 0 amide bonds. The topological polar surface area (TPSA) is 162 Å². The number of phenols is 1. The van der Waals surface area contributed by atoms with Crippen molar-refractivity contribution in [2.45, 2.75) is 39.1 Å². The Morgan fingerprint density at radius 2 is 1.70 bits per heavy atom. The second-order valence-corrected chi connectivity index (χ2v) is 17.3. The van der Waals surface area contributed by atoms with Gasteiger partial charge in [-0.15, -0.1) is 11.3 Å². The smallest absolute Gasteiger partial charge is 0.347 e. The lowest BCUT2D eigenvalue weighted by Gasteiger charge is -2.34. The lowest BCUT2D eigenvalue weighted by molar-refractivity contribution is -0.151. The van der Waals surface area contributed by atoms with Gasteiger partial charge in [0.25, 0.3) is 0 Å². The van der Waals surface area contributed by atoms with Gasteiger partial charge < -0.3 is 38.8 Å². The third-order valence-electron chi connectivity index (χ3n) is 11.4. The third-order valence-corrected chi connectivity index (χ3v) is 13.0. The molecule has 0 spiro atoms. The van der Waals surface area contributed by atoms with Crippen molar-refractivity contribution in [2.24, 2.45) is 0 Å². The van der Waals surface area contributed by atoms with Crippen molar-refractivity contribution in [2.75, 3.05) is 60.1 Å². The number of rotatable bonds is 18. The van der Waals surface area contributed by atoms with Crippen molar-refractivity contribution in [3.63, 3.8) is 0 Å². The minimum Gasteiger partial charge on any atom is -0.508 e. The Morgan fingerprint density at radius 1 is 0.925 bits per heavy atom. The highest BCUT2D eigenvalue weighted by Gasteiger charge is 2.30. The summed E-state index contributed by atoms with van der Waals surface area (Å²) in [7, 11) is 3.67. The average molecular weight is 950 g/mol. The number of hydrogen-bond donors (Lipinski definition) is 2. The quantitative estimate of drug-likeness (QED) is 0.0789. The predicted molar refractivity (Wildman–Crippen MR) is 255 cm³/mol. The number of nitrogens with zero attached hydrogens (tertiary/aromatic N) is 6. The number of piperazine rings is 1. The van der Waals surface area contributed by atoms with Gasteiger partial charge in [-0.2, -0.15) is 0 Å². The Labute approximate surface area is 396 Å². The summed E-state index contributed by atoms with van der Waals surface area (Å²) in [6.07, 6.45) is 1.10. The van der Waals surface area contributed by atoms with E-state index in [9.17, 15) is 19.4 Å². The highest BCUT2D eigenvalue weighted by molar-refractivity contribution is 7.22. The van der Waals surface area contributed by atoms with E-state index < -0.39 is 24.0 Å². The van der Waals surface area contributed by atoms with Crippen LogP contribution in [0.2, 0.25) is 5.02 Å². The molecule has 4 heterocycles. The summed E-state index contributed by atoms with van der Waals surface area (Å²) in [5, 5.41) is 21.9. The van der Waals surface area contributed by atoms with E-state index in [0.717, 1.165) is 36.6 Å². The van der Waals surface area contributed by atoms with Crippen LogP contribution < -0.4 is 18.9 Å². The molecule has 0 radical (unpaired) electrons. The zero-order chi connectivity index (χ0) is 47.0. The van der Waals surface area contributed by atoms with Gasteiger partial charge in [0.05, 0.1) is 42.0 Å². The van der Waals surface area contributed by atoms with Gasteiger partial charge >= 0.3 is 5.97 Å². The summed E-state index contributed by atoms with van der Waals surface area (Å²) in [6, 6.07) is 23.6. The minimum atomic E-state index is -1.28. The summed E-state index contributed by atoms with van der Waals surface area (Å²) < 4.78 is 44.7. The maximum atomic E-state index is 14.3. The fraction of sp³-hybridized carbons (Fsp3) is 0.300. The first-order chi connectivity index (χ1) is 32.5. The van der Waals surface area contributed by atoms with Gasteiger partial charge in [0.2, 0.25) is 12.0 Å². The zero-order valence-corrected chi connectivity index (χ0v) is 39.0. The number of thiophene rings is 1. The molecular formula is C50H50ClFN6O8S. The fourth-order valence-electron chi connectivity index (χ4n) is 7.91. The molecule has 0 saturated carbocycles. The number of carbonyl (C=O) groups is 1. The van der Waals surface area contributed by atoms with Crippen molar-refractivity contribution < 1.29 is 43.1 Å². The molecular weight excluding hydrogens is 899 g/mol. The van der Waals surface area contributed by atoms with Crippen LogP contribution in [0, 0.1) is 12.7 Å². The Morgan fingerprint density at radius 3 is 2.46 bits per heavy atom. The van der Waals surface area contributed by atoms with Gasteiger partial charge in [-0.3, -0.25) is 4.90 Å². The van der Waals surface area contributed by atoms with Crippen molar-refractivity contribution in [1.82, 2.24) is 29.7 Å². The Hall–Kier alpha value is -6.43. The molecule has 14 nitrogen and oxygen atoms in total. The first kappa shape index (κ1) is 47.1. The van der Waals surface area contributed by atoms with Gasteiger partial charge in [0, 0.05) is 61.3 Å². The van der Waals surface area contributed by atoms with Crippen LogP contribution in [0.1, 0.15) is 23.7 Å². The highest BCUT2D eigenvalue weighted by Crippen LogP contribution is 2.49. The fourth-order valence-corrected chi connectivity index (χ4v) is 9.27. The summed E-state index contributed by atoms with van der Waals surface area (Å²) in [4.78, 5) is 38.0. The van der Waals surface area contributed by atoms with E-state index >= 15 is 0 Å². The molecule has 3 aromatic heterocycles. The number of phenolic OH excluding ortho intramolecular Hbond substituents is 1. The predicted octanol–water partition coefficient (Wildman–Crippen LogP) is 8.42. The number of likely N-dealkylation sites (N-methyl/N-ethyl adjacent to an activating group) is 1. The Balaban J connectivity index is 1.13. The molecule has 0 bridgehead atoms. The molecule has 1 fully saturated rings. The van der Waals surface area contributed by atoms with Gasteiger partial charge in [-0.1, -0.05) is 41.9 Å². The monoisotopic (exact) mass is 948 g/mol. The number of aromatic hydroxyl groups is 1. The number of benzene rings is 4. The molecule has 1 saturated heterocycles. The summed E-state index contributed by atoms with van der Waals surface area (Å²) in [5.41, 5.74) is 4.45. The summed E-state index contributed by atoms with van der Waals surface area (Å²) >= 11 is 8.49. The van der Waals surface area contributed by atoms with E-state index in [1.54, 1.807) is 50.6 Å². The molecule has 4 aromatic carbocycles. The van der Waals surface area contributed by atoms with Crippen LogP contribution in [-0.4, -0.2) is 118 Å². The number of aliphatic hydroxyl groups is 1. The van der Waals surface area contributed by atoms with Crippen LogP contribution in [0.3, 0.4) is 0 Å². The van der Waals surface area contributed by atoms with E-state index in [0.29, 0.717) is 78.4 Å². The number of para-hydroxylation sites is 1. The molecule has 7 aromatic rings. The molecule has 0 unspecified atom stereocenters. The van der Waals surface area contributed by atoms with Crippen LogP contribution in [0.5, 0.6) is 28.9 Å². The van der Waals surface area contributed by atoms with Gasteiger partial charge in [0.1, 0.15) is 52.7 Å². The number of esters is 1. The Bertz CT molecular complexity index is 2840. The largest absolute Gasteiger partial charge is 0.508 e. The maximum Gasteiger partial charge on any atom is 0.347 e. The van der Waals surface area contributed by atoms with Crippen molar-refractivity contribution in [3.05, 3.63) is 125 Å². The van der Waals surface area contributed by atoms with E-state index in [-0.39, 0.29) is 37.9 Å². The molecule has 2 N–H and O–H groups in total. The number of hydrogen-bond acceptors (Lipinski definition) is 15. The Kier molecular flexibility index (Phi) is 15.1. The standard InChI is InChI=1S/C50H50ClFN6O8S/c1-5-63-50(61)42(25-32-24-35(60)14-16-39(32)64-28-34-18-19-53-47(56-34)38-8-6-7-9-40(38)62-4)66-48-44-43(46(67-49(44)55-29-54-48)31-10-12-33(52)13-11-31)37-15-17-41(45(51)30(37)2)65-36(27-59)26-58-22-20-57(3)21-23-58/h6-19,24,29,36,42,59-60H,5,20-23,25-28H2,1-4H3/t36-,42-/m1/s1. The van der Waals surface area contributed by atoms with E-state index in [1.807, 2.05) is 37.3 Å². The molecule has 2 atom stereocenters. The van der Waals surface area contributed by atoms with E-state index in [1.165, 1.54) is 41.9 Å². The molecule has 67 heavy (non-hydrogen) atoms. The summed E-state index contributed by atoms with van der Waals surface area (Å²) in [5.74, 6) is 0.826. The number of halogens is 2. The van der Waals surface area contributed by atoms with E-state index in [4.69, 9.17) is 40.3 Å². The van der Waals surface area contributed by atoms with Crippen molar-refractivity contribution in [1.29, 1.82) is 0 Å². The number of aliphatic hydroxyl groups excluding tert-OH is 1. The van der Waals surface area contributed by atoms with E-state index in [2.05, 4.69) is 31.8 Å². The zero-order valence-electron chi connectivity index (χ0n) is 37.4. The highest BCUT2D eigenvalue weighted by atomic mass is 35.5. The second kappa shape index (κ2) is 21.5. The first-order valence-electron chi connectivity index (χ1n) is 21.8. The molecule has 17 heteroatoms. The molecule has 8 rings (SSSR count). The van der Waals surface area contributed by atoms with Gasteiger partial charge in [0.15, 0.2) is 5.82 Å². The van der Waals surface area contributed by atoms with Gasteiger partial charge in [-0.05, 0) is 92.2 Å². The minimum absolute atomic E-state index is 0.0347. The van der Waals surface area contributed by atoms with Crippen LogP contribution >= 0.6 is 22.9 Å². The lowest BCUT2D eigenvalue weighted by atomic mass is 9.96. The number of ether oxygens (including phenoxy) is 5. The summed E-state index contributed by atoms with van der Waals surface area (Å²) in [6.45, 7) is 7.59. The molecule has 1 aliphatic heterocycles. The van der Waals surface area contributed by atoms with Crippen molar-refractivity contribution >= 4 is 39.1 Å². The molecule has 1 aliphatic rings. The van der Waals surface area contributed by atoms with Gasteiger partial charge in [-0.25, -0.2) is 29.1 Å². The number of methoxy groups -OCH3 is 1. The normalized spacial score (nSPS) is 14.1. The van der Waals surface area contributed by atoms with Crippen LogP contribution in [0.4, 0.5) is 4.39 Å². The number of aromatic nitrogens is 4. The SMILES string of the molecule is CCOC(=O)[C@@H](Cc1cc(O)ccc1OCc1ccnc(-c2ccccc2OC)n1)Oc1ncnc2sc(-c3ccc(F)cc3)c(-c3ccc(O[C@@H](CO)CN4CCN(C)CC4)c(Cl)c3C)c12. The van der Waals surface area contributed by atoms with Crippen LogP contribution in [0.25, 0.3) is 43.2 Å². The molecule has 0 aliphatic carbocycles. The van der Waals surface area contributed by atoms with Crippen molar-refractivity contribution in [3.8, 4) is 61.8 Å². The second-order valence-electron chi connectivity index (χ2n) is 16.0. The number of carbonyl (C=O) groups excluding carboxylic acids is 1. The first-order valence-corrected chi connectivity index (χ1v) is 23.0. The average Bonchev–Trinajstić information content (AvgIpc) is 3.73. The van der Waals surface area contributed by atoms with Crippen LogP contribution in [0.15, 0.2) is 97.5 Å². The number of fused-ring (bicyclic) bond motifs is 1. The van der Waals surface area contributed by atoms with Crippen LogP contribution in [-0.2, 0) is 22.6 Å². The lowest BCUT2D eigenvalue weighted by Crippen LogP contribution is -2.48. The third kappa shape index (κ3) is 10.9. The maximum absolute atomic E-state index is 14.3.